The fraction of sp³-hybridized carbons (Fsp3) is 0.688. The maximum Gasteiger partial charge on any atom is 0.408 e. The van der Waals surface area contributed by atoms with Crippen LogP contribution in [0.3, 0.4) is 0 Å². The van der Waals surface area contributed by atoms with E-state index in [1.807, 2.05) is 0 Å². The Morgan fingerprint density at radius 1 is 1.30 bits per heavy atom. The quantitative estimate of drug-likeness (QED) is 0.372. The molecule has 0 saturated heterocycles. The summed E-state index contributed by atoms with van der Waals surface area (Å²) in [7, 11) is 0. The van der Waals surface area contributed by atoms with E-state index in [2.05, 4.69) is 11.9 Å². The van der Waals surface area contributed by atoms with E-state index in [9.17, 15) is 14.4 Å². The summed E-state index contributed by atoms with van der Waals surface area (Å²) in [5.74, 6) is 0.499. The van der Waals surface area contributed by atoms with E-state index in [-0.39, 0.29) is 25.2 Å². The Balaban J connectivity index is 4.51. The van der Waals surface area contributed by atoms with Gasteiger partial charge in [0.1, 0.15) is 17.4 Å². The monoisotopic (exact) mass is 345 g/mol. The lowest BCUT2D eigenvalue weighted by Gasteiger charge is -2.22. The number of nitrogens with one attached hydrogen (secondary N) is 1. The minimum absolute atomic E-state index is 0.0112. The van der Waals surface area contributed by atoms with Crippen molar-refractivity contribution in [2.75, 3.05) is 18.1 Å². The predicted octanol–water partition coefficient (Wildman–Crippen LogP) is 2.71. The number of Topliss-reactive ketones (excluding diaryl/α,β-unsaturated/α-hetero) is 1. The summed E-state index contributed by atoms with van der Waals surface area (Å²) >= 11 is 1.46. The predicted molar refractivity (Wildman–Crippen MR) is 91.6 cm³/mol. The number of ketones is 1. The number of esters is 1. The minimum atomic E-state index is -0.891. The number of hydrogen-bond donors (Lipinski definition) is 1. The highest BCUT2D eigenvalue weighted by Crippen LogP contribution is 2.10. The molecule has 0 aromatic carbocycles. The summed E-state index contributed by atoms with van der Waals surface area (Å²) in [6.45, 7) is 10.7. The van der Waals surface area contributed by atoms with Crippen molar-refractivity contribution in [2.24, 2.45) is 0 Å². The van der Waals surface area contributed by atoms with Crippen LogP contribution in [0.1, 0.15) is 40.5 Å². The van der Waals surface area contributed by atoms with Crippen molar-refractivity contribution < 1.29 is 23.9 Å². The van der Waals surface area contributed by atoms with E-state index in [0.717, 1.165) is 0 Å². The van der Waals surface area contributed by atoms with Gasteiger partial charge in [0.15, 0.2) is 0 Å². The molecule has 1 N–H and O–H groups in total. The molecule has 0 aliphatic carbocycles. The molecule has 0 aliphatic rings. The molecule has 0 bridgehead atoms. The second kappa shape index (κ2) is 11.1. The second-order valence-electron chi connectivity index (χ2n) is 5.83. The van der Waals surface area contributed by atoms with Crippen LogP contribution in [0.5, 0.6) is 0 Å². The van der Waals surface area contributed by atoms with Crippen molar-refractivity contribution in [1.29, 1.82) is 0 Å². The number of ether oxygens (including phenoxy) is 2. The molecule has 0 heterocycles. The van der Waals surface area contributed by atoms with Gasteiger partial charge in [0, 0.05) is 12.2 Å². The normalized spacial score (nSPS) is 12.2. The number of thioether (sulfide) groups is 1. The summed E-state index contributed by atoms with van der Waals surface area (Å²) in [5, 5.41) is 2.47. The van der Waals surface area contributed by atoms with Gasteiger partial charge < -0.3 is 14.8 Å². The Morgan fingerprint density at radius 2 is 1.96 bits per heavy atom. The molecule has 6 nitrogen and oxygen atoms in total. The maximum atomic E-state index is 11.9. The van der Waals surface area contributed by atoms with Crippen LogP contribution in [-0.4, -0.2) is 47.6 Å². The summed E-state index contributed by atoms with van der Waals surface area (Å²) < 4.78 is 10.1. The standard InChI is InChI=1S/C16H27NO5S/c1-6-10-23-11-12(18)8-9-13(14(19)21-7-2)17-15(20)22-16(3,4)5/h6,13H,1,7-11H2,2-5H3,(H,17,20)/t13-/m0/s1. The Bertz CT molecular complexity index is 417. The fourth-order valence-corrected chi connectivity index (χ4v) is 2.23. The maximum absolute atomic E-state index is 11.9. The second-order valence-corrected chi connectivity index (χ2v) is 6.86. The molecule has 0 aromatic heterocycles. The zero-order valence-corrected chi connectivity index (χ0v) is 15.2. The zero-order chi connectivity index (χ0) is 17.9. The van der Waals surface area contributed by atoms with Gasteiger partial charge in [0.05, 0.1) is 12.4 Å². The lowest BCUT2D eigenvalue weighted by molar-refractivity contribution is -0.145. The van der Waals surface area contributed by atoms with Gasteiger partial charge in [-0.1, -0.05) is 6.08 Å². The van der Waals surface area contributed by atoms with Gasteiger partial charge in [-0.15, -0.1) is 18.3 Å². The molecule has 0 aromatic rings. The molecule has 0 unspecified atom stereocenters. The van der Waals surface area contributed by atoms with Crippen LogP contribution < -0.4 is 5.32 Å². The van der Waals surface area contributed by atoms with Crippen molar-refractivity contribution in [2.45, 2.75) is 52.2 Å². The lowest BCUT2D eigenvalue weighted by atomic mass is 10.1. The number of hydrogen-bond acceptors (Lipinski definition) is 6. The summed E-state index contributed by atoms with van der Waals surface area (Å²) in [5.41, 5.74) is -0.666. The molecule has 1 amide bonds. The van der Waals surface area contributed by atoms with E-state index in [0.29, 0.717) is 11.5 Å². The topological polar surface area (TPSA) is 81.7 Å². The molecule has 0 rings (SSSR count). The number of amides is 1. The summed E-state index contributed by atoms with van der Waals surface area (Å²) in [4.78, 5) is 35.5. The first-order valence-electron chi connectivity index (χ1n) is 7.56. The van der Waals surface area contributed by atoms with Crippen molar-refractivity contribution >= 4 is 29.6 Å². The molecule has 23 heavy (non-hydrogen) atoms. The van der Waals surface area contributed by atoms with Gasteiger partial charge in [-0.2, -0.15) is 0 Å². The molecule has 0 radical (unpaired) electrons. The van der Waals surface area contributed by atoms with Crippen LogP contribution in [0, 0.1) is 0 Å². The highest BCUT2D eigenvalue weighted by Gasteiger charge is 2.25. The van der Waals surface area contributed by atoms with Gasteiger partial charge in [0.2, 0.25) is 0 Å². The van der Waals surface area contributed by atoms with Crippen molar-refractivity contribution in [1.82, 2.24) is 5.32 Å². The third-order valence-electron chi connectivity index (χ3n) is 2.47. The first kappa shape index (κ1) is 21.5. The summed E-state index contributed by atoms with van der Waals surface area (Å²) in [6, 6.07) is -0.891. The molecule has 7 heteroatoms. The van der Waals surface area contributed by atoms with E-state index < -0.39 is 23.7 Å². The number of alkyl carbamates (subject to hydrolysis) is 1. The molecule has 0 fully saturated rings. The first-order chi connectivity index (χ1) is 10.7. The van der Waals surface area contributed by atoms with Crippen LogP contribution in [0.4, 0.5) is 4.79 Å². The molecule has 0 spiro atoms. The van der Waals surface area contributed by atoms with Gasteiger partial charge in [0.25, 0.3) is 0 Å². The lowest BCUT2D eigenvalue weighted by Crippen LogP contribution is -2.44. The van der Waals surface area contributed by atoms with E-state index in [1.54, 1.807) is 33.8 Å². The fourth-order valence-electron chi connectivity index (χ4n) is 1.58. The summed E-state index contributed by atoms with van der Waals surface area (Å²) in [6.07, 6.45) is 1.39. The van der Waals surface area contributed by atoms with Gasteiger partial charge in [-0.05, 0) is 34.1 Å². The minimum Gasteiger partial charge on any atom is -0.464 e. The van der Waals surface area contributed by atoms with Crippen molar-refractivity contribution in [3.8, 4) is 0 Å². The third kappa shape index (κ3) is 11.7. The van der Waals surface area contributed by atoms with Crippen LogP contribution in [0.15, 0.2) is 12.7 Å². The van der Waals surface area contributed by atoms with Crippen LogP contribution in [-0.2, 0) is 19.1 Å². The number of rotatable bonds is 10. The molecule has 132 valence electrons. The van der Waals surface area contributed by atoms with Crippen molar-refractivity contribution in [3.63, 3.8) is 0 Å². The van der Waals surface area contributed by atoms with Crippen LogP contribution in [0.2, 0.25) is 0 Å². The first-order valence-corrected chi connectivity index (χ1v) is 8.71. The Labute approximate surface area is 142 Å². The van der Waals surface area contributed by atoms with Gasteiger partial charge in [-0.25, -0.2) is 9.59 Å². The Kier molecular flexibility index (Phi) is 10.4. The average Bonchev–Trinajstić information content (AvgIpc) is 2.42. The molecular weight excluding hydrogens is 318 g/mol. The largest absolute Gasteiger partial charge is 0.464 e. The molecule has 0 saturated carbocycles. The molecular formula is C16H27NO5S. The number of carbonyl (C=O) groups excluding carboxylic acids is 3. The van der Waals surface area contributed by atoms with Crippen LogP contribution >= 0.6 is 11.8 Å². The third-order valence-corrected chi connectivity index (χ3v) is 3.47. The zero-order valence-electron chi connectivity index (χ0n) is 14.3. The van der Waals surface area contributed by atoms with E-state index in [4.69, 9.17) is 9.47 Å². The number of carbonyl (C=O) groups is 3. The SMILES string of the molecule is C=CCSCC(=O)CC[C@H](NC(=O)OC(C)(C)C)C(=O)OCC. The molecule has 0 aliphatic heterocycles. The average molecular weight is 345 g/mol. The Hall–Kier alpha value is -1.50. The smallest absolute Gasteiger partial charge is 0.408 e. The highest BCUT2D eigenvalue weighted by atomic mass is 32.2. The van der Waals surface area contributed by atoms with Gasteiger partial charge in [-0.3, -0.25) is 4.79 Å². The van der Waals surface area contributed by atoms with E-state index in [1.165, 1.54) is 11.8 Å². The molecule has 1 atom stereocenters. The Morgan fingerprint density at radius 3 is 2.48 bits per heavy atom. The van der Waals surface area contributed by atoms with Crippen molar-refractivity contribution in [3.05, 3.63) is 12.7 Å². The van der Waals surface area contributed by atoms with Crippen LogP contribution in [0.25, 0.3) is 0 Å². The highest BCUT2D eigenvalue weighted by molar-refractivity contribution is 8.00. The van der Waals surface area contributed by atoms with Gasteiger partial charge >= 0.3 is 12.1 Å². The van der Waals surface area contributed by atoms with E-state index >= 15 is 0 Å².